The third kappa shape index (κ3) is 4.45. The summed E-state index contributed by atoms with van der Waals surface area (Å²) in [7, 11) is 0. The van der Waals surface area contributed by atoms with E-state index in [9.17, 15) is 9.59 Å². The van der Waals surface area contributed by atoms with Crippen LogP contribution in [0.1, 0.15) is 54.9 Å². The quantitative estimate of drug-likeness (QED) is 0.884. The average Bonchev–Trinajstić information content (AvgIpc) is 2.99. The van der Waals surface area contributed by atoms with E-state index in [2.05, 4.69) is 26.1 Å². The van der Waals surface area contributed by atoms with Crippen LogP contribution in [-0.2, 0) is 10.2 Å². The minimum atomic E-state index is -0.977. The first-order chi connectivity index (χ1) is 10.8. The van der Waals surface area contributed by atoms with Crippen molar-refractivity contribution in [2.45, 2.75) is 38.6 Å². The van der Waals surface area contributed by atoms with Gasteiger partial charge in [-0.15, -0.1) is 0 Å². The molecule has 5 nitrogen and oxygen atoms in total. The summed E-state index contributed by atoms with van der Waals surface area (Å²) < 4.78 is 5.04. The Morgan fingerprint density at radius 2 is 1.83 bits per heavy atom. The molecule has 0 fully saturated rings. The molecular weight excluding hydrogens is 294 g/mol. The second-order valence-electron chi connectivity index (χ2n) is 6.47. The van der Waals surface area contributed by atoms with Gasteiger partial charge in [-0.05, 0) is 28.7 Å². The highest BCUT2D eigenvalue weighted by Gasteiger charge is 2.21. The molecule has 0 bridgehead atoms. The van der Waals surface area contributed by atoms with Crippen molar-refractivity contribution < 1.29 is 19.1 Å². The van der Waals surface area contributed by atoms with Crippen LogP contribution in [0.4, 0.5) is 0 Å². The SMILES string of the molecule is CC(C)(C)c1ccc([C@@H](CC(=O)O)NC(=O)c2ccco2)cc1. The Hall–Kier alpha value is -2.56. The van der Waals surface area contributed by atoms with E-state index in [1.54, 1.807) is 6.07 Å². The molecular formula is C18H21NO4. The van der Waals surface area contributed by atoms with E-state index in [1.165, 1.54) is 12.3 Å². The van der Waals surface area contributed by atoms with Gasteiger partial charge in [-0.25, -0.2) is 0 Å². The Balaban J connectivity index is 2.21. The van der Waals surface area contributed by atoms with E-state index >= 15 is 0 Å². The number of furan rings is 1. The van der Waals surface area contributed by atoms with E-state index in [4.69, 9.17) is 9.52 Å². The van der Waals surface area contributed by atoms with E-state index in [1.807, 2.05) is 24.3 Å². The van der Waals surface area contributed by atoms with E-state index in [-0.39, 0.29) is 17.6 Å². The summed E-state index contributed by atoms with van der Waals surface area (Å²) in [5, 5.41) is 11.8. The van der Waals surface area contributed by atoms with Gasteiger partial charge in [-0.3, -0.25) is 9.59 Å². The number of aliphatic carboxylic acids is 1. The van der Waals surface area contributed by atoms with Gasteiger partial charge in [0.25, 0.3) is 5.91 Å². The Bertz CT molecular complexity index is 666. The normalized spacial score (nSPS) is 12.7. The van der Waals surface area contributed by atoms with Crippen molar-refractivity contribution in [1.82, 2.24) is 5.32 Å². The number of amides is 1. The molecule has 0 saturated heterocycles. The molecule has 0 aliphatic carbocycles. The highest BCUT2D eigenvalue weighted by molar-refractivity contribution is 5.91. The Morgan fingerprint density at radius 1 is 1.17 bits per heavy atom. The third-order valence-corrected chi connectivity index (χ3v) is 3.61. The molecule has 1 amide bonds. The van der Waals surface area contributed by atoms with E-state index in [0.717, 1.165) is 11.1 Å². The van der Waals surface area contributed by atoms with E-state index in [0.29, 0.717) is 0 Å². The number of carbonyl (C=O) groups excluding carboxylic acids is 1. The highest BCUT2D eigenvalue weighted by atomic mass is 16.4. The molecule has 0 aliphatic heterocycles. The largest absolute Gasteiger partial charge is 0.481 e. The molecule has 0 unspecified atom stereocenters. The van der Waals surface area contributed by atoms with Crippen molar-refractivity contribution in [3.05, 3.63) is 59.5 Å². The summed E-state index contributed by atoms with van der Waals surface area (Å²) >= 11 is 0. The molecule has 122 valence electrons. The lowest BCUT2D eigenvalue weighted by Gasteiger charge is -2.21. The zero-order valence-corrected chi connectivity index (χ0v) is 13.5. The fourth-order valence-corrected chi connectivity index (χ4v) is 2.28. The van der Waals surface area contributed by atoms with Crippen LogP contribution in [0.15, 0.2) is 47.1 Å². The number of carboxylic acid groups (broad SMARTS) is 1. The van der Waals surface area contributed by atoms with Crippen LogP contribution in [0.25, 0.3) is 0 Å². The highest BCUT2D eigenvalue weighted by Crippen LogP contribution is 2.25. The maximum Gasteiger partial charge on any atom is 0.305 e. The van der Waals surface area contributed by atoms with E-state index < -0.39 is 17.9 Å². The second kappa shape index (κ2) is 6.69. The topological polar surface area (TPSA) is 79.5 Å². The summed E-state index contributed by atoms with van der Waals surface area (Å²) in [5.41, 5.74) is 1.91. The fraction of sp³-hybridized carbons (Fsp3) is 0.333. The van der Waals surface area contributed by atoms with Crippen molar-refractivity contribution in [3.63, 3.8) is 0 Å². The lowest BCUT2D eigenvalue weighted by Crippen LogP contribution is -2.30. The monoisotopic (exact) mass is 315 g/mol. The summed E-state index contributed by atoms with van der Waals surface area (Å²) in [4.78, 5) is 23.2. The van der Waals surface area contributed by atoms with Crippen LogP contribution >= 0.6 is 0 Å². The summed E-state index contributed by atoms with van der Waals surface area (Å²) in [5.74, 6) is -1.25. The van der Waals surface area contributed by atoms with Crippen molar-refractivity contribution in [2.75, 3.05) is 0 Å². The molecule has 1 atom stereocenters. The van der Waals surface area contributed by atoms with Crippen LogP contribution in [-0.4, -0.2) is 17.0 Å². The zero-order chi connectivity index (χ0) is 17.0. The maximum atomic E-state index is 12.1. The number of hydrogen-bond donors (Lipinski definition) is 2. The summed E-state index contributed by atoms with van der Waals surface area (Å²) in [6, 6.07) is 10.2. The van der Waals surface area contributed by atoms with Gasteiger partial charge in [-0.2, -0.15) is 0 Å². The van der Waals surface area contributed by atoms with Gasteiger partial charge in [0.05, 0.1) is 18.7 Å². The van der Waals surface area contributed by atoms with Gasteiger partial charge in [0.2, 0.25) is 0 Å². The standard InChI is InChI=1S/C18H21NO4/c1-18(2,3)13-8-6-12(7-9-13)14(11-16(20)21)19-17(22)15-5-4-10-23-15/h4-10,14H,11H2,1-3H3,(H,19,22)(H,20,21)/t14-/m1/s1. The number of benzene rings is 1. The lowest BCUT2D eigenvalue weighted by molar-refractivity contribution is -0.137. The lowest BCUT2D eigenvalue weighted by atomic mass is 9.86. The number of hydrogen-bond acceptors (Lipinski definition) is 3. The number of carboxylic acids is 1. The molecule has 23 heavy (non-hydrogen) atoms. The molecule has 1 aromatic heterocycles. The van der Waals surface area contributed by atoms with Gasteiger partial charge in [0.1, 0.15) is 0 Å². The van der Waals surface area contributed by atoms with Crippen LogP contribution < -0.4 is 5.32 Å². The number of rotatable bonds is 5. The Labute approximate surface area is 135 Å². The summed E-state index contributed by atoms with van der Waals surface area (Å²) in [6.45, 7) is 6.32. The maximum absolute atomic E-state index is 12.1. The summed E-state index contributed by atoms with van der Waals surface area (Å²) in [6.07, 6.45) is 1.21. The molecule has 5 heteroatoms. The van der Waals surface area contributed by atoms with Crippen LogP contribution in [0.2, 0.25) is 0 Å². The molecule has 0 saturated carbocycles. The molecule has 2 aromatic rings. The first-order valence-corrected chi connectivity index (χ1v) is 7.44. The predicted octanol–water partition coefficient (Wildman–Crippen LogP) is 3.52. The van der Waals surface area contributed by atoms with Gasteiger partial charge in [0.15, 0.2) is 5.76 Å². The Kier molecular flexibility index (Phi) is 4.89. The molecule has 0 spiro atoms. The average molecular weight is 315 g/mol. The first-order valence-electron chi connectivity index (χ1n) is 7.44. The number of nitrogens with one attached hydrogen (secondary N) is 1. The van der Waals surface area contributed by atoms with Crippen LogP contribution in [0.5, 0.6) is 0 Å². The molecule has 2 N–H and O–H groups in total. The van der Waals surface area contributed by atoms with Gasteiger partial charge < -0.3 is 14.8 Å². The minimum absolute atomic E-state index is 0.0121. The fourth-order valence-electron chi connectivity index (χ4n) is 2.28. The molecule has 1 heterocycles. The first kappa shape index (κ1) is 16.8. The molecule has 1 aromatic carbocycles. The molecule has 0 radical (unpaired) electrons. The van der Waals surface area contributed by atoms with Crippen molar-refractivity contribution >= 4 is 11.9 Å². The number of carbonyl (C=O) groups is 2. The van der Waals surface area contributed by atoms with Crippen LogP contribution in [0.3, 0.4) is 0 Å². The van der Waals surface area contributed by atoms with Gasteiger partial charge in [-0.1, -0.05) is 45.0 Å². The second-order valence-corrected chi connectivity index (χ2v) is 6.47. The van der Waals surface area contributed by atoms with Gasteiger partial charge >= 0.3 is 5.97 Å². The third-order valence-electron chi connectivity index (χ3n) is 3.61. The predicted molar refractivity (Wildman–Crippen MR) is 86.3 cm³/mol. The van der Waals surface area contributed by atoms with Crippen molar-refractivity contribution in [2.24, 2.45) is 0 Å². The van der Waals surface area contributed by atoms with Crippen LogP contribution in [0, 0.1) is 0 Å². The van der Waals surface area contributed by atoms with Gasteiger partial charge in [0, 0.05) is 0 Å². The smallest absolute Gasteiger partial charge is 0.305 e. The molecule has 2 rings (SSSR count). The zero-order valence-electron chi connectivity index (χ0n) is 13.5. The van der Waals surface area contributed by atoms with Crippen molar-refractivity contribution in [1.29, 1.82) is 0 Å². The molecule has 0 aliphatic rings. The van der Waals surface area contributed by atoms with Crippen molar-refractivity contribution in [3.8, 4) is 0 Å². The minimum Gasteiger partial charge on any atom is -0.481 e. The Morgan fingerprint density at radius 3 is 2.30 bits per heavy atom.